The summed E-state index contributed by atoms with van der Waals surface area (Å²) in [7, 11) is 5.22. The molecule has 6 rings (SSSR count). The molecule has 232 valence electrons. The standard InChI is InChI=1S/C32H33ClN8O4/c1-39(13-14-40(2)32(42)36-23-8-6-9-24(16-23)43-3)31-37-29(34-17-21-11-12-26-27(15-21)45-20-44-26)28-30(38-31)41(19-35-28)18-22-7-4-5-10-25(22)33/h4-12,15-16,19H,13-14,17-18,20H2,1-3H3,(H,36,42)(H,34,37,38). The average Bonchev–Trinajstić information content (AvgIpc) is 3.70. The van der Waals surface area contributed by atoms with E-state index in [0.29, 0.717) is 71.3 Å². The Bertz CT molecular complexity index is 1830. The van der Waals surface area contributed by atoms with Crippen LogP contribution in [0, 0.1) is 0 Å². The molecular formula is C32H33ClN8O4. The Labute approximate surface area is 265 Å². The van der Waals surface area contributed by atoms with Crippen LogP contribution in [0.4, 0.5) is 22.2 Å². The maximum absolute atomic E-state index is 12.9. The molecule has 1 aliphatic heterocycles. The van der Waals surface area contributed by atoms with Gasteiger partial charge in [-0.1, -0.05) is 41.9 Å². The molecular weight excluding hydrogens is 596 g/mol. The van der Waals surface area contributed by atoms with E-state index < -0.39 is 0 Å². The molecule has 12 nitrogen and oxygen atoms in total. The Kier molecular flexibility index (Phi) is 8.74. The fourth-order valence-electron chi connectivity index (χ4n) is 4.81. The molecule has 0 radical (unpaired) electrons. The molecule has 5 aromatic rings. The number of nitrogens with zero attached hydrogens (tertiary/aromatic N) is 6. The van der Waals surface area contributed by atoms with Crippen molar-refractivity contribution in [2.45, 2.75) is 13.1 Å². The molecule has 0 unspecified atom stereocenters. The average molecular weight is 629 g/mol. The highest BCUT2D eigenvalue weighted by atomic mass is 35.5. The van der Waals surface area contributed by atoms with Crippen LogP contribution in [-0.2, 0) is 13.1 Å². The molecule has 1 aliphatic rings. The number of benzene rings is 3. The van der Waals surface area contributed by atoms with Crippen LogP contribution in [0.2, 0.25) is 5.02 Å². The highest BCUT2D eigenvalue weighted by molar-refractivity contribution is 6.31. The quantitative estimate of drug-likeness (QED) is 0.196. The van der Waals surface area contributed by atoms with Gasteiger partial charge in [0.25, 0.3) is 0 Å². The normalized spacial score (nSPS) is 11.8. The lowest BCUT2D eigenvalue weighted by molar-refractivity contribution is 0.174. The number of nitrogens with one attached hydrogen (secondary N) is 2. The van der Waals surface area contributed by atoms with Crippen LogP contribution in [0.1, 0.15) is 11.1 Å². The Morgan fingerprint density at radius 3 is 2.71 bits per heavy atom. The molecule has 45 heavy (non-hydrogen) atoms. The largest absolute Gasteiger partial charge is 0.497 e. The van der Waals surface area contributed by atoms with Gasteiger partial charge in [0.1, 0.15) is 5.75 Å². The highest BCUT2D eigenvalue weighted by Crippen LogP contribution is 2.33. The summed E-state index contributed by atoms with van der Waals surface area (Å²) in [5, 5.41) is 7.01. The number of anilines is 3. The molecule has 2 amide bonds. The number of hydrogen-bond donors (Lipinski definition) is 2. The Morgan fingerprint density at radius 1 is 1.02 bits per heavy atom. The number of imidazole rings is 1. The predicted molar refractivity (Wildman–Crippen MR) is 174 cm³/mol. The van der Waals surface area contributed by atoms with Gasteiger partial charge in [0.2, 0.25) is 12.7 Å². The van der Waals surface area contributed by atoms with Crippen molar-refractivity contribution in [3.63, 3.8) is 0 Å². The zero-order valence-corrected chi connectivity index (χ0v) is 25.9. The van der Waals surface area contributed by atoms with E-state index in [9.17, 15) is 4.79 Å². The summed E-state index contributed by atoms with van der Waals surface area (Å²) in [5.74, 6) is 3.18. The van der Waals surface area contributed by atoms with Crippen molar-refractivity contribution in [1.82, 2.24) is 24.4 Å². The van der Waals surface area contributed by atoms with E-state index in [4.69, 9.17) is 35.8 Å². The zero-order chi connectivity index (χ0) is 31.3. The highest BCUT2D eigenvalue weighted by Gasteiger charge is 2.19. The second-order valence-electron chi connectivity index (χ2n) is 10.6. The van der Waals surface area contributed by atoms with Gasteiger partial charge in [0.05, 0.1) is 20.0 Å². The minimum absolute atomic E-state index is 0.217. The number of methoxy groups -OCH3 is 1. The fraction of sp³-hybridized carbons (Fsp3) is 0.250. The maximum Gasteiger partial charge on any atom is 0.321 e. The molecule has 0 atom stereocenters. The van der Waals surface area contributed by atoms with E-state index in [1.54, 1.807) is 31.5 Å². The van der Waals surface area contributed by atoms with Gasteiger partial charge in [-0.3, -0.25) is 0 Å². The lowest BCUT2D eigenvalue weighted by Crippen LogP contribution is -2.37. The molecule has 0 fully saturated rings. The molecule has 13 heteroatoms. The van der Waals surface area contributed by atoms with Crippen LogP contribution >= 0.6 is 11.6 Å². The van der Waals surface area contributed by atoms with E-state index in [2.05, 4.69) is 15.6 Å². The molecule has 2 N–H and O–H groups in total. The molecule has 0 bridgehead atoms. The van der Waals surface area contributed by atoms with Crippen LogP contribution in [0.3, 0.4) is 0 Å². The van der Waals surface area contributed by atoms with Crippen molar-refractivity contribution >= 4 is 46.2 Å². The summed E-state index contributed by atoms with van der Waals surface area (Å²) >= 11 is 6.48. The smallest absolute Gasteiger partial charge is 0.321 e. The van der Waals surface area contributed by atoms with Crippen molar-refractivity contribution < 1.29 is 19.0 Å². The second kappa shape index (κ2) is 13.2. The van der Waals surface area contributed by atoms with Gasteiger partial charge in [0, 0.05) is 50.5 Å². The van der Waals surface area contributed by atoms with E-state index in [0.717, 1.165) is 16.9 Å². The fourth-order valence-corrected chi connectivity index (χ4v) is 5.01. The summed E-state index contributed by atoms with van der Waals surface area (Å²) in [6.07, 6.45) is 1.74. The number of hydrogen-bond acceptors (Lipinski definition) is 9. The van der Waals surface area contributed by atoms with Crippen LogP contribution < -0.4 is 29.7 Å². The first-order chi connectivity index (χ1) is 21.9. The molecule has 0 saturated heterocycles. The lowest BCUT2D eigenvalue weighted by atomic mass is 10.2. The van der Waals surface area contributed by atoms with Crippen LogP contribution in [0.25, 0.3) is 11.2 Å². The Balaban J connectivity index is 1.21. The molecule has 3 heterocycles. The third-order valence-electron chi connectivity index (χ3n) is 7.43. The number of carbonyl (C=O) groups excluding carboxylic acids is 1. The molecule has 0 aliphatic carbocycles. The van der Waals surface area contributed by atoms with Crippen molar-refractivity contribution in [3.8, 4) is 17.2 Å². The summed E-state index contributed by atoms with van der Waals surface area (Å²) in [6.45, 7) is 2.09. The van der Waals surface area contributed by atoms with Crippen LogP contribution in [-0.4, -0.2) is 71.5 Å². The summed E-state index contributed by atoms with van der Waals surface area (Å²) in [4.78, 5) is 30.8. The summed E-state index contributed by atoms with van der Waals surface area (Å²) in [6, 6.07) is 20.5. The van der Waals surface area contributed by atoms with Crippen molar-refractivity contribution in [1.29, 1.82) is 0 Å². The van der Waals surface area contributed by atoms with Gasteiger partial charge in [-0.2, -0.15) is 9.97 Å². The molecule has 0 saturated carbocycles. The topological polar surface area (TPSA) is 119 Å². The number of carbonyl (C=O) groups is 1. The summed E-state index contributed by atoms with van der Waals surface area (Å²) in [5.41, 5.74) is 3.89. The van der Waals surface area contributed by atoms with Crippen molar-refractivity contribution in [2.24, 2.45) is 0 Å². The van der Waals surface area contributed by atoms with E-state index in [1.165, 1.54) is 0 Å². The van der Waals surface area contributed by atoms with Crippen molar-refractivity contribution in [2.75, 3.05) is 56.6 Å². The number of fused-ring (bicyclic) bond motifs is 2. The van der Waals surface area contributed by atoms with Gasteiger partial charge in [-0.25, -0.2) is 9.78 Å². The number of amides is 2. The van der Waals surface area contributed by atoms with Gasteiger partial charge in [0.15, 0.2) is 28.5 Å². The van der Waals surface area contributed by atoms with Gasteiger partial charge in [-0.15, -0.1) is 0 Å². The Morgan fingerprint density at radius 2 is 1.87 bits per heavy atom. The minimum atomic E-state index is -0.239. The molecule has 3 aromatic carbocycles. The third kappa shape index (κ3) is 6.80. The number of urea groups is 1. The number of ether oxygens (including phenoxy) is 3. The van der Waals surface area contributed by atoms with Crippen LogP contribution in [0.15, 0.2) is 73.1 Å². The SMILES string of the molecule is COc1cccc(NC(=O)N(C)CCN(C)c2nc(NCc3ccc4c(c3)OCO4)c3ncn(Cc4ccccc4Cl)c3n2)c1. The minimum Gasteiger partial charge on any atom is -0.497 e. The number of halogens is 1. The second-order valence-corrected chi connectivity index (χ2v) is 11.0. The number of aromatic nitrogens is 4. The monoisotopic (exact) mass is 628 g/mol. The van der Waals surface area contributed by atoms with Crippen LogP contribution in [0.5, 0.6) is 17.2 Å². The van der Waals surface area contributed by atoms with E-state index in [-0.39, 0.29) is 12.8 Å². The zero-order valence-electron chi connectivity index (χ0n) is 25.2. The molecule has 2 aromatic heterocycles. The lowest BCUT2D eigenvalue weighted by Gasteiger charge is -2.23. The molecule has 0 spiro atoms. The first kappa shape index (κ1) is 29.8. The van der Waals surface area contributed by atoms with Gasteiger partial charge in [-0.05, 0) is 41.5 Å². The predicted octanol–water partition coefficient (Wildman–Crippen LogP) is 5.48. The first-order valence-electron chi connectivity index (χ1n) is 14.3. The van der Waals surface area contributed by atoms with E-state index in [1.807, 2.05) is 77.2 Å². The number of rotatable bonds is 11. The maximum atomic E-state index is 12.9. The van der Waals surface area contributed by atoms with Crippen molar-refractivity contribution in [3.05, 3.63) is 89.2 Å². The number of likely N-dealkylation sites (N-methyl/N-ethyl adjacent to an activating group) is 2. The third-order valence-corrected chi connectivity index (χ3v) is 7.80. The first-order valence-corrected chi connectivity index (χ1v) is 14.7. The van der Waals surface area contributed by atoms with Gasteiger partial charge >= 0.3 is 6.03 Å². The summed E-state index contributed by atoms with van der Waals surface area (Å²) < 4.78 is 18.2. The van der Waals surface area contributed by atoms with E-state index >= 15 is 0 Å². The van der Waals surface area contributed by atoms with Gasteiger partial charge < -0.3 is 39.2 Å². The Hall–Kier alpha value is -5.23.